The third kappa shape index (κ3) is 2.75. The smallest absolute Gasteiger partial charge is 0.336 e. The number of hydrogen-bond donors (Lipinski definition) is 4. The predicted octanol–water partition coefficient (Wildman–Crippen LogP) is 0.189. The van der Waals surface area contributed by atoms with Crippen LogP contribution in [0.5, 0.6) is 0 Å². The van der Waals surface area contributed by atoms with E-state index in [-0.39, 0.29) is 23.4 Å². The molecule has 0 saturated heterocycles. The Morgan fingerprint density at radius 3 is 2.73 bits per heavy atom. The Labute approximate surface area is 90.8 Å². The second-order valence-corrected chi connectivity index (χ2v) is 4.04. The van der Waals surface area contributed by atoms with Gasteiger partial charge in [0, 0.05) is 0 Å². The number of aromatic carboxylic acids is 1. The highest BCUT2D eigenvalue weighted by atomic mass is 32.1. The molecule has 0 spiro atoms. The largest absolute Gasteiger partial charge is 0.478 e. The second kappa shape index (κ2) is 5.22. The van der Waals surface area contributed by atoms with Crippen LogP contribution in [-0.4, -0.2) is 33.9 Å². The van der Waals surface area contributed by atoms with Crippen molar-refractivity contribution < 1.29 is 20.1 Å². The lowest BCUT2D eigenvalue weighted by Gasteiger charge is -2.16. The van der Waals surface area contributed by atoms with Crippen molar-refractivity contribution in [3.8, 4) is 0 Å². The third-order valence-electron chi connectivity index (χ3n) is 2.02. The van der Waals surface area contributed by atoms with E-state index in [4.69, 9.17) is 10.8 Å². The summed E-state index contributed by atoms with van der Waals surface area (Å²) in [6, 6.07) is 1.40. The molecule has 0 fully saturated rings. The molecule has 0 aromatic carbocycles. The van der Waals surface area contributed by atoms with Gasteiger partial charge in [0.1, 0.15) is 6.10 Å². The molecule has 1 aromatic heterocycles. The van der Waals surface area contributed by atoms with Crippen molar-refractivity contribution in [2.45, 2.75) is 18.6 Å². The van der Waals surface area contributed by atoms with Crippen LogP contribution in [0.4, 0.5) is 0 Å². The summed E-state index contributed by atoms with van der Waals surface area (Å²) in [5.74, 6) is -1.11. The zero-order chi connectivity index (χ0) is 11.4. The quantitative estimate of drug-likeness (QED) is 0.579. The lowest BCUT2D eigenvalue weighted by atomic mass is 10.1. The number of rotatable bonds is 5. The average Bonchev–Trinajstić information content (AvgIpc) is 2.65. The van der Waals surface area contributed by atoms with Gasteiger partial charge < -0.3 is 21.1 Å². The van der Waals surface area contributed by atoms with E-state index in [0.717, 1.165) is 11.3 Å². The van der Waals surface area contributed by atoms with Crippen molar-refractivity contribution in [2.24, 2.45) is 5.73 Å². The fourth-order valence-electron chi connectivity index (χ4n) is 1.23. The van der Waals surface area contributed by atoms with Gasteiger partial charge in [0.05, 0.1) is 16.5 Å². The number of carbonyl (C=O) groups is 1. The van der Waals surface area contributed by atoms with E-state index in [1.54, 1.807) is 5.38 Å². The van der Waals surface area contributed by atoms with E-state index < -0.39 is 18.2 Å². The number of nitrogens with two attached hydrogens (primary N) is 1. The van der Waals surface area contributed by atoms with Crippen LogP contribution in [0, 0.1) is 0 Å². The molecule has 2 atom stereocenters. The summed E-state index contributed by atoms with van der Waals surface area (Å²) in [6.45, 7) is 0.242. The first kappa shape index (κ1) is 12.1. The van der Waals surface area contributed by atoms with Crippen LogP contribution in [0.25, 0.3) is 0 Å². The Hall–Kier alpha value is -0.950. The molecular formula is C9H13NO4S. The lowest BCUT2D eigenvalue weighted by Crippen LogP contribution is -2.22. The van der Waals surface area contributed by atoms with Gasteiger partial charge in [-0.25, -0.2) is 4.79 Å². The average molecular weight is 231 g/mol. The van der Waals surface area contributed by atoms with Gasteiger partial charge in [-0.05, 0) is 24.4 Å². The molecule has 1 aromatic rings. The summed E-state index contributed by atoms with van der Waals surface area (Å²) in [7, 11) is 0. The van der Waals surface area contributed by atoms with Crippen molar-refractivity contribution >= 4 is 17.3 Å². The number of carboxylic acids is 1. The first-order valence-electron chi connectivity index (χ1n) is 4.44. The predicted molar refractivity (Wildman–Crippen MR) is 55.9 cm³/mol. The van der Waals surface area contributed by atoms with Gasteiger partial charge in [-0.2, -0.15) is 0 Å². The minimum absolute atomic E-state index is 0.0311. The van der Waals surface area contributed by atoms with Crippen LogP contribution in [-0.2, 0) is 0 Å². The van der Waals surface area contributed by atoms with Crippen LogP contribution >= 0.6 is 11.3 Å². The van der Waals surface area contributed by atoms with E-state index in [0.29, 0.717) is 0 Å². The normalized spacial score (nSPS) is 14.9. The van der Waals surface area contributed by atoms with Crippen LogP contribution < -0.4 is 5.73 Å². The fourth-order valence-corrected chi connectivity index (χ4v) is 2.16. The fraction of sp³-hybridized carbons (Fsp3) is 0.444. The van der Waals surface area contributed by atoms with Crippen molar-refractivity contribution in [1.29, 1.82) is 0 Å². The van der Waals surface area contributed by atoms with Crippen LogP contribution in [0.1, 0.15) is 27.8 Å². The van der Waals surface area contributed by atoms with E-state index >= 15 is 0 Å². The van der Waals surface area contributed by atoms with E-state index in [9.17, 15) is 15.0 Å². The van der Waals surface area contributed by atoms with Gasteiger partial charge in [-0.15, -0.1) is 11.3 Å². The molecular weight excluding hydrogens is 218 g/mol. The third-order valence-corrected chi connectivity index (χ3v) is 3.01. The Morgan fingerprint density at radius 1 is 1.53 bits per heavy atom. The number of thiophene rings is 1. The minimum Gasteiger partial charge on any atom is -0.478 e. The lowest BCUT2D eigenvalue weighted by molar-refractivity contribution is 0.0163. The highest BCUT2D eigenvalue weighted by molar-refractivity contribution is 7.10. The van der Waals surface area contributed by atoms with Gasteiger partial charge in [0.15, 0.2) is 0 Å². The van der Waals surface area contributed by atoms with Gasteiger partial charge in [-0.1, -0.05) is 0 Å². The molecule has 2 unspecified atom stereocenters. The van der Waals surface area contributed by atoms with Gasteiger partial charge in [0.25, 0.3) is 0 Å². The molecule has 1 rings (SSSR count). The van der Waals surface area contributed by atoms with Crippen LogP contribution in [0.2, 0.25) is 0 Å². The van der Waals surface area contributed by atoms with E-state index in [2.05, 4.69) is 0 Å². The van der Waals surface area contributed by atoms with Crippen molar-refractivity contribution in [3.05, 3.63) is 21.9 Å². The highest BCUT2D eigenvalue weighted by Crippen LogP contribution is 2.27. The first-order valence-corrected chi connectivity index (χ1v) is 5.32. The zero-order valence-corrected chi connectivity index (χ0v) is 8.78. The maximum Gasteiger partial charge on any atom is 0.336 e. The number of carboxylic acid groups (broad SMARTS) is 1. The van der Waals surface area contributed by atoms with Gasteiger partial charge >= 0.3 is 5.97 Å². The summed E-state index contributed by atoms with van der Waals surface area (Å²) >= 11 is 1.11. The summed E-state index contributed by atoms with van der Waals surface area (Å²) in [5.41, 5.74) is 5.27. The number of aliphatic hydroxyl groups excluding tert-OH is 2. The molecule has 0 radical (unpaired) electrons. The second-order valence-electron chi connectivity index (χ2n) is 3.09. The molecule has 0 amide bonds. The first-order chi connectivity index (χ1) is 7.07. The minimum atomic E-state index is -1.18. The van der Waals surface area contributed by atoms with E-state index in [1.807, 2.05) is 0 Å². The Morgan fingerprint density at radius 2 is 2.20 bits per heavy atom. The topological polar surface area (TPSA) is 104 Å². The van der Waals surface area contributed by atoms with Gasteiger partial charge in [0.2, 0.25) is 0 Å². The van der Waals surface area contributed by atoms with Crippen molar-refractivity contribution in [2.75, 3.05) is 6.54 Å². The molecule has 0 saturated carbocycles. The number of hydrogen-bond acceptors (Lipinski definition) is 5. The molecule has 5 N–H and O–H groups in total. The Kier molecular flexibility index (Phi) is 4.22. The monoisotopic (exact) mass is 231 g/mol. The molecule has 5 nitrogen and oxygen atoms in total. The summed E-state index contributed by atoms with van der Waals surface area (Å²) < 4.78 is 0. The van der Waals surface area contributed by atoms with Crippen molar-refractivity contribution in [3.63, 3.8) is 0 Å². The van der Waals surface area contributed by atoms with Gasteiger partial charge in [-0.3, -0.25) is 0 Å². The summed E-state index contributed by atoms with van der Waals surface area (Å²) in [5, 5.41) is 29.5. The van der Waals surface area contributed by atoms with Crippen LogP contribution in [0.3, 0.4) is 0 Å². The molecule has 0 aliphatic rings. The highest BCUT2D eigenvalue weighted by Gasteiger charge is 2.24. The Bertz CT molecular complexity index is 339. The SMILES string of the molecule is NCCC(O)C(O)c1sccc1C(=O)O. The molecule has 84 valence electrons. The van der Waals surface area contributed by atoms with E-state index in [1.165, 1.54) is 6.07 Å². The summed E-state index contributed by atoms with van der Waals surface area (Å²) in [4.78, 5) is 11.0. The Balaban J connectivity index is 2.85. The zero-order valence-electron chi connectivity index (χ0n) is 7.96. The molecule has 1 heterocycles. The van der Waals surface area contributed by atoms with Crippen LogP contribution in [0.15, 0.2) is 11.4 Å². The molecule has 6 heteroatoms. The molecule has 0 aliphatic carbocycles. The molecule has 0 aliphatic heterocycles. The molecule has 0 bridgehead atoms. The molecule has 15 heavy (non-hydrogen) atoms. The maximum atomic E-state index is 10.8. The summed E-state index contributed by atoms with van der Waals surface area (Å²) in [6.07, 6.45) is -1.97. The number of aliphatic hydroxyl groups is 2. The standard InChI is InChI=1S/C9H13NO4S/c10-3-1-6(11)7(12)8-5(9(13)14)2-4-15-8/h2,4,6-7,11-12H,1,3,10H2,(H,13,14). The van der Waals surface area contributed by atoms with Crippen molar-refractivity contribution in [1.82, 2.24) is 0 Å². The maximum absolute atomic E-state index is 10.8.